The predicted molar refractivity (Wildman–Crippen MR) is 213 cm³/mol. The van der Waals surface area contributed by atoms with Crippen LogP contribution in [0.5, 0.6) is 5.75 Å². The maximum absolute atomic E-state index is 14.2. The molecule has 2 amide bonds. The molecule has 55 heavy (non-hydrogen) atoms. The first-order valence-electron chi connectivity index (χ1n) is 20.8. The lowest BCUT2D eigenvalue weighted by atomic mass is 9.45. The van der Waals surface area contributed by atoms with Gasteiger partial charge in [-0.25, -0.2) is 0 Å². The number of primary amides is 1. The number of carbonyl (C=O) groups excluding carboxylic acids is 2. The van der Waals surface area contributed by atoms with E-state index in [0.717, 1.165) is 49.2 Å². The van der Waals surface area contributed by atoms with E-state index in [-0.39, 0.29) is 31.2 Å². The maximum Gasteiger partial charge on any atom is 0.255 e. The molecule has 2 aliphatic heterocycles. The molecule has 2 bridgehead atoms. The van der Waals surface area contributed by atoms with Crippen LogP contribution in [-0.2, 0) is 34.1 Å². The fourth-order valence-corrected chi connectivity index (χ4v) is 10.3. The van der Waals surface area contributed by atoms with Crippen molar-refractivity contribution in [2.24, 2.45) is 40.7 Å². The van der Waals surface area contributed by atoms with E-state index in [0.29, 0.717) is 54.5 Å². The van der Waals surface area contributed by atoms with Gasteiger partial charge in [0.2, 0.25) is 5.91 Å². The van der Waals surface area contributed by atoms with Gasteiger partial charge in [-0.2, -0.15) is 5.06 Å². The Kier molecular flexibility index (Phi) is 13.6. The van der Waals surface area contributed by atoms with Gasteiger partial charge in [0.1, 0.15) is 17.9 Å². The van der Waals surface area contributed by atoms with Crippen molar-refractivity contribution in [3.8, 4) is 5.75 Å². The van der Waals surface area contributed by atoms with Crippen molar-refractivity contribution >= 4 is 11.8 Å². The highest BCUT2D eigenvalue weighted by Gasteiger charge is 2.57. The number of rotatable bonds is 18. The van der Waals surface area contributed by atoms with E-state index in [1.165, 1.54) is 19.3 Å². The van der Waals surface area contributed by atoms with E-state index in [9.17, 15) is 19.8 Å². The Bertz CT molecular complexity index is 1600. The third-order valence-corrected chi connectivity index (χ3v) is 13.4. The van der Waals surface area contributed by atoms with Crippen molar-refractivity contribution in [2.45, 2.75) is 124 Å². The SMILES string of the molecule is CC(C)C[C@@H](CN1CCCC1)N(Cc1cccc(CN2O[C@@H](CO)[C@@H]([C@H](C)O)[C@H]2C(=O)N[C@H]2C[C@H]3C[C@@H]([C@@H]2C)C3(C)C)c1)Cc1ccccc1OCC(N)=O. The minimum absolute atomic E-state index is 0.0777. The molecular formula is C44H67N5O6. The van der Waals surface area contributed by atoms with E-state index in [1.54, 1.807) is 12.0 Å². The molecule has 11 heteroatoms. The van der Waals surface area contributed by atoms with E-state index in [4.69, 9.17) is 15.3 Å². The fourth-order valence-electron chi connectivity index (χ4n) is 10.3. The Balaban J connectivity index is 1.23. The van der Waals surface area contributed by atoms with Crippen LogP contribution in [0.15, 0.2) is 48.5 Å². The highest BCUT2D eigenvalue weighted by Crippen LogP contribution is 2.61. The summed E-state index contributed by atoms with van der Waals surface area (Å²) in [5.41, 5.74) is 8.87. The van der Waals surface area contributed by atoms with Gasteiger partial charge in [-0.05, 0) is 98.4 Å². The lowest BCUT2D eigenvalue weighted by molar-refractivity contribution is -0.183. The van der Waals surface area contributed by atoms with Gasteiger partial charge >= 0.3 is 0 Å². The average Bonchev–Trinajstić information content (AvgIpc) is 3.79. The number of nitrogens with zero attached hydrogens (tertiary/aromatic N) is 3. The number of hydrogen-bond acceptors (Lipinski definition) is 9. The van der Waals surface area contributed by atoms with Crippen LogP contribution < -0.4 is 15.8 Å². The summed E-state index contributed by atoms with van der Waals surface area (Å²) < 4.78 is 5.88. The second-order valence-electron chi connectivity index (χ2n) is 18.1. The number of ether oxygens (including phenoxy) is 1. The highest BCUT2D eigenvalue weighted by atomic mass is 16.7. The van der Waals surface area contributed by atoms with Gasteiger partial charge in [0.25, 0.3) is 5.91 Å². The molecule has 0 unspecified atom stereocenters. The van der Waals surface area contributed by atoms with Crippen LogP contribution in [0.3, 0.4) is 0 Å². The normalized spacial score (nSPS) is 28.9. The Morgan fingerprint density at radius 1 is 1.05 bits per heavy atom. The summed E-state index contributed by atoms with van der Waals surface area (Å²) in [6.07, 6.45) is 4.13. The Morgan fingerprint density at radius 2 is 1.78 bits per heavy atom. The van der Waals surface area contributed by atoms with Crippen LogP contribution in [0.2, 0.25) is 0 Å². The van der Waals surface area contributed by atoms with E-state index in [1.807, 2.05) is 18.2 Å². The largest absolute Gasteiger partial charge is 0.483 e. The van der Waals surface area contributed by atoms with Crippen molar-refractivity contribution in [3.63, 3.8) is 0 Å². The number of nitrogens with one attached hydrogen (secondary N) is 1. The third-order valence-electron chi connectivity index (χ3n) is 13.4. The summed E-state index contributed by atoms with van der Waals surface area (Å²) in [4.78, 5) is 37.3. The number of hydroxylamine groups is 2. The summed E-state index contributed by atoms with van der Waals surface area (Å²) in [7, 11) is 0. The molecule has 7 rings (SSSR count). The van der Waals surface area contributed by atoms with E-state index < -0.39 is 30.1 Å². The van der Waals surface area contributed by atoms with Crippen LogP contribution in [-0.4, -0.2) is 100 Å². The molecule has 0 spiro atoms. The molecule has 5 N–H and O–H groups in total. The Hall–Kier alpha value is -3.06. The first-order chi connectivity index (χ1) is 26.2. The smallest absolute Gasteiger partial charge is 0.255 e. The summed E-state index contributed by atoms with van der Waals surface area (Å²) in [6, 6.07) is 15.9. The van der Waals surface area contributed by atoms with Gasteiger partial charge in [-0.3, -0.25) is 19.3 Å². The zero-order valence-corrected chi connectivity index (χ0v) is 34.0. The number of aliphatic hydroxyl groups is 2. The predicted octanol–water partition coefficient (Wildman–Crippen LogP) is 4.72. The molecule has 0 radical (unpaired) electrons. The molecule has 2 saturated heterocycles. The first-order valence-corrected chi connectivity index (χ1v) is 20.8. The van der Waals surface area contributed by atoms with Gasteiger partial charge in [-0.1, -0.05) is 77.1 Å². The third kappa shape index (κ3) is 9.74. The molecule has 2 aromatic carbocycles. The summed E-state index contributed by atoms with van der Waals surface area (Å²) in [6.45, 7) is 17.6. The van der Waals surface area contributed by atoms with E-state index >= 15 is 0 Å². The number of benzene rings is 2. The Labute approximate surface area is 328 Å². The van der Waals surface area contributed by atoms with Crippen molar-refractivity contribution < 1.29 is 29.4 Å². The molecule has 0 aromatic heterocycles. The molecule has 3 aliphatic carbocycles. The van der Waals surface area contributed by atoms with Crippen LogP contribution in [0.4, 0.5) is 0 Å². The molecule has 11 nitrogen and oxygen atoms in total. The maximum atomic E-state index is 14.2. The highest BCUT2D eigenvalue weighted by molar-refractivity contribution is 5.83. The summed E-state index contributed by atoms with van der Waals surface area (Å²) in [5.74, 6) is 1.47. The van der Waals surface area contributed by atoms with Crippen LogP contribution in [0, 0.1) is 35.0 Å². The molecule has 5 aliphatic rings. The molecule has 2 aromatic rings. The number of aliphatic hydroxyl groups excluding tert-OH is 2. The zero-order chi connectivity index (χ0) is 39.4. The monoisotopic (exact) mass is 762 g/mol. The first kappa shape index (κ1) is 41.6. The van der Waals surface area contributed by atoms with Crippen molar-refractivity contribution in [1.29, 1.82) is 0 Å². The van der Waals surface area contributed by atoms with Crippen molar-refractivity contribution in [2.75, 3.05) is 32.8 Å². The number of fused-ring (bicyclic) bond motifs is 2. The summed E-state index contributed by atoms with van der Waals surface area (Å²) >= 11 is 0. The molecule has 5 fully saturated rings. The number of likely N-dealkylation sites (tertiary alicyclic amines) is 1. The second-order valence-corrected chi connectivity index (χ2v) is 18.1. The minimum Gasteiger partial charge on any atom is -0.483 e. The van der Waals surface area contributed by atoms with Crippen molar-refractivity contribution in [1.82, 2.24) is 20.2 Å². The quantitative estimate of drug-likeness (QED) is 0.170. The molecule has 3 saturated carbocycles. The minimum atomic E-state index is -0.850. The average molecular weight is 762 g/mol. The van der Waals surface area contributed by atoms with Crippen LogP contribution in [0.1, 0.15) is 90.3 Å². The van der Waals surface area contributed by atoms with Gasteiger partial charge in [0.15, 0.2) is 6.61 Å². The fraction of sp³-hybridized carbons (Fsp3) is 0.682. The Morgan fingerprint density at radius 3 is 2.44 bits per heavy atom. The number of carbonyl (C=O) groups is 2. The van der Waals surface area contributed by atoms with Gasteiger partial charge in [-0.15, -0.1) is 0 Å². The van der Waals surface area contributed by atoms with Gasteiger partial charge in [0, 0.05) is 43.2 Å². The number of hydrogen-bond donors (Lipinski definition) is 4. The number of para-hydroxylation sites is 1. The number of nitrogens with two attached hydrogens (primary N) is 1. The van der Waals surface area contributed by atoms with Crippen LogP contribution >= 0.6 is 0 Å². The second kappa shape index (κ2) is 18.0. The van der Waals surface area contributed by atoms with Gasteiger partial charge in [0.05, 0.1) is 19.3 Å². The van der Waals surface area contributed by atoms with Crippen LogP contribution in [0.25, 0.3) is 0 Å². The molecular weight excluding hydrogens is 695 g/mol. The lowest BCUT2D eigenvalue weighted by Crippen LogP contribution is -2.62. The van der Waals surface area contributed by atoms with Crippen molar-refractivity contribution in [3.05, 3.63) is 65.2 Å². The topological polar surface area (TPSA) is 141 Å². The number of amides is 2. The van der Waals surface area contributed by atoms with E-state index in [2.05, 4.69) is 80.1 Å². The van der Waals surface area contributed by atoms with Gasteiger partial charge < -0.3 is 30.9 Å². The summed E-state index contributed by atoms with van der Waals surface area (Å²) in [5, 5.41) is 26.4. The lowest BCUT2D eigenvalue weighted by Gasteiger charge is -2.62. The molecule has 2 heterocycles. The molecule has 9 atom stereocenters. The standard InChI is InChI=1S/C44H67N5O6/c1-28(2)18-35(25-47-16-9-10-17-47)48(24-33-14-7-8-15-38(33)54-27-40(45)52)22-31-12-11-13-32(19-31)23-49-42(41(30(4)51)39(26-50)55-49)43(53)46-37-21-34-20-36(29(37)3)44(34,5)6/h7-8,11-15,19,28-30,34-37,39,41-42,50-51H,9-10,16-18,20-27H2,1-6H3,(H2,45,52)(H,46,53)/t29-,30-,34+,35-,36-,37-,39-,41+,42-/m0/s1. The zero-order valence-electron chi connectivity index (χ0n) is 34.0. The molecule has 304 valence electrons.